The Morgan fingerprint density at radius 3 is 2.94 bits per heavy atom. The fourth-order valence-electron chi connectivity index (χ4n) is 2.09. The lowest BCUT2D eigenvalue weighted by Gasteiger charge is -2.15. The van der Waals surface area contributed by atoms with Crippen LogP contribution in [0.2, 0.25) is 0 Å². The van der Waals surface area contributed by atoms with Gasteiger partial charge in [-0.2, -0.15) is 0 Å². The van der Waals surface area contributed by atoms with Crippen LogP contribution in [0.3, 0.4) is 0 Å². The Morgan fingerprint density at radius 2 is 2.19 bits per heavy atom. The number of benzene rings is 1. The molecule has 0 amide bonds. The summed E-state index contributed by atoms with van der Waals surface area (Å²) in [6, 6.07) is 9.58. The summed E-state index contributed by atoms with van der Waals surface area (Å²) in [5.74, 6) is 0. The smallest absolute Gasteiger partial charge is 0.0461 e. The zero-order valence-electron chi connectivity index (χ0n) is 9.15. The van der Waals surface area contributed by atoms with Crippen molar-refractivity contribution in [1.29, 1.82) is 0 Å². The molecule has 1 aliphatic carbocycles. The van der Waals surface area contributed by atoms with E-state index in [1.54, 1.807) is 0 Å². The molecule has 1 heterocycles. The van der Waals surface area contributed by atoms with Crippen molar-refractivity contribution < 1.29 is 0 Å². The highest BCUT2D eigenvalue weighted by Crippen LogP contribution is 2.32. The Labute approximate surface area is 99.5 Å². The van der Waals surface area contributed by atoms with E-state index < -0.39 is 0 Å². The SMILES string of the molecule is NCC(NC1CC1)c1csc2ccccc12. The maximum absolute atomic E-state index is 5.87. The van der Waals surface area contributed by atoms with Crippen LogP contribution in [0.15, 0.2) is 29.6 Å². The van der Waals surface area contributed by atoms with E-state index in [-0.39, 0.29) is 0 Å². The molecule has 84 valence electrons. The second-order valence-electron chi connectivity index (χ2n) is 4.42. The van der Waals surface area contributed by atoms with E-state index in [0.29, 0.717) is 18.6 Å². The normalized spacial score (nSPS) is 17.8. The van der Waals surface area contributed by atoms with Crippen molar-refractivity contribution in [2.24, 2.45) is 5.73 Å². The van der Waals surface area contributed by atoms with Crippen LogP contribution < -0.4 is 11.1 Å². The van der Waals surface area contributed by atoms with Gasteiger partial charge in [-0.1, -0.05) is 18.2 Å². The van der Waals surface area contributed by atoms with Gasteiger partial charge in [-0.05, 0) is 35.2 Å². The number of hydrogen-bond acceptors (Lipinski definition) is 3. The minimum Gasteiger partial charge on any atom is -0.329 e. The molecule has 2 nitrogen and oxygen atoms in total. The first-order valence-corrected chi connectivity index (χ1v) is 6.68. The summed E-state index contributed by atoms with van der Waals surface area (Å²) in [5.41, 5.74) is 7.24. The summed E-state index contributed by atoms with van der Waals surface area (Å²) in [7, 11) is 0. The van der Waals surface area contributed by atoms with Crippen molar-refractivity contribution in [1.82, 2.24) is 5.32 Å². The first kappa shape index (κ1) is 10.3. The van der Waals surface area contributed by atoms with Gasteiger partial charge < -0.3 is 11.1 Å². The van der Waals surface area contributed by atoms with E-state index in [0.717, 1.165) is 0 Å². The zero-order chi connectivity index (χ0) is 11.0. The van der Waals surface area contributed by atoms with Crippen molar-refractivity contribution in [3.05, 3.63) is 35.2 Å². The van der Waals surface area contributed by atoms with Crippen LogP contribution in [-0.4, -0.2) is 12.6 Å². The lowest BCUT2D eigenvalue weighted by Crippen LogP contribution is -2.29. The Morgan fingerprint density at radius 1 is 1.38 bits per heavy atom. The van der Waals surface area contributed by atoms with Crippen LogP contribution >= 0.6 is 11.3 Å². The Hall–Kier alpha value is -0.900. The molecule has 1 aliphatic rings. The Kier molecular flexibility index (Phi) is 2.67. The fourth-order valence-corrected chi connectivity index (χ4v) is 3.10. The maximum Gasteiger partial charge on any atom is 0.0461 e. The molecule has 0 spiro atoms. The van der Waals surface area contributed by atoms with E-state index in [4.69, 9.17) is 5.73 Å². The minimum atomic E-state index is 0.323. The third-order valence-electron chi connectivity index (χ3n) is 3.14. The summed E-state index contributed by atoms with van der Waals surface area (Å²) in [4.78, 5) is 0. The summed E-state index contributed by atoms with van der Waals surface area (Å²) >= 11 is 1.81. The molecule has 0 radical (unpaired) electrons. The van der Waals surface area contributed by atoms with Crippen molar-refractivity contribution in [3.8, 4) is 0 Å². The number of thiophene rings is 1. The van der Waals surface area contributed by atoms with Gasteiger partial charge in [0.2, 0.25) is 0 Å². The number of nitrogens with two attached hydrogens (primary N) is 1. The molecular formula is C13H16N2S. The summed E-state index contributed by atoms with van der Waals surface area (Å²) in [5, 5.41) is 7.22. The predicted octanol–water partition coefficient (Wildman–Crippen LogP) is 2.65. The molecular weight excluding hydrogens is 216 g/mol. The largest absolute Gasteiger partial charge is 0.329 e. The molecule has 0 saturated heterocycles. The van der Waals surface area contributed by atoms with E-state index in [2.05, 4.69) is 35.0 Å². The third-order valence-corrected chi connectivity index (χ3v) is 4.12. The van der Waals surface area contributed by atoms with Gasteiger partial charge in [0.15, 0.2) is 0 Å². The lowest BCUT2D eigenvalue weighted by atomic mass is 10.1. The average Bonchev–Trinajstić information content (AvgIpc) is 3.04. The molecule has 1 unspecified atom stereocenters. The fraction of sp³-hybridized carbons (Fsp3) is 0.385. The number of hydrogen-bond donors (Lipinski definition) is 2. The van der Waals surface area contributed by atoms with Crippen LogP contribution in [0, 0.1) is 0 Å². The number of fused-ring (bicyclic) bond motifs is 1. The molecule has 1 aromatic carbocycles. The van der Waals surface area contributed by atoms with Gasteiger partial charge in [0.05, 0.1) is 0 Å². The summed E-state index contributed by atoms with van der Waals surface area (Å²) in [6.07, 6.45) is 2.61. The molecule has 3 rings (SSSR count). The molecule has 3 heteroatoms. The molecule has 1 atom stereocenters. The summed E-state index contributed by atoms with van der Waals surface area (Å²) in [6.45, 7) is 0.678. The average molecular weight is 232 g/mol. The number of nitrogens with one attached hydrogen (secondary N) is 1. The van der Waals surface area contributed by atoms with Crippen molar-refractivity contribution in [2.45, 2.75) is 24.9 Å². The Bertz CT molecular complexity index is 487. The molecule has 1 fully saturated rings. The minimum absolute atomic E-state index is 0.323. The van der Waals surface area contributed by atoms with Gasteiger partial charge in [0.25, 0.3) is 0 Å². The van der Waals surface area contributed by atoms with Crippen molar-refractivity contribution >= 4 is 21.4 Å². The van der Waals surface area contributed by atoms with E-state index in [9.17, 15) is 0 Å². The maximum atomic E-state index is 5.87. The van der Waals surface area contributed by atoms with Crippen LogP contribution in [0.4, 0.5) is 0 Å². The van der Waals surface area contributed by atoms with Crippen molar-refractivity contribution in [3.63, 3.8) is 0 Å². The van der Waals surface area contributed by atoms with Gasteiger partial charge in [-0.15, -0.1) is 11.3 Å². The molecule has 1 aromatic heterocycles. The first-order valence-electron chi connectivity index (χ1n) is 5.80. The van der Waals surface area contributed by atoms with Gasteiger partial charge in [-0.25, -0.2) is 0 Å². The van der Waals surface area contributed by atoms with Crippen molar-refractivity contribution in [2.75, 3.05) is 6.54 Å². The van der Waals surface area contributed by atoms with Gasteiger partial charge in [-0.3, -0.25) is 0 Å². The first-order chi connectivity index (χ1) is 7.88. The highest BCUT2D eigenvalue weighted by atomic mass is 32.1. The van der Waals surface area contributed by atoms with Gasteiger partial charge >= 0.3 is 0 Å². The highest BCUT2D eigenvalue weighted by Gasteiger charge is 2.25. The molecule has 16 heavy (non-hydrogen) atoms. The third kappa shape index (κ3) is 1.86. The van der Waals surface area contributed by atoms with E-state index in [1.807, 2.05) is 11.3 Å². The van der Waals surface area contributed by atoms with E-state index in [1.165, 1.54) is 28.5 Å². The topological polar surface area (TPSA) is 38.0 Å². The second-order valence-corrected chi connectivity index (χ2v) is 5.33. The van der Waals surface area contributed by atoms with Crippen LogP contribution in [0.1, 0.15) is 24.4 Å². The van der Waals surface area contributed by atoms with E-state index >= 15 is 0 Å². The van der Waals surface area contributed by atoms with Crippen LogP contribution in [0.5, 0.6) is 0 Å². The summed E-state index contributed by atoms with van der Waals surface area (Å²) < 4.78 is 1.36. The molecule has 1 saturated carbocycles. The number of rotatable bonds is 4. The molecule has 0 aliphatic heterocycles. The standard InChI is InChI=1S/C13H16N2S/c14-7-12(15-9-5-6-9)11-8-16-13-4-2-1-3-10(11)13/h1-4,8-9,12,15H,5-7,14H2. The van der Waals surface area contributed by atoms with Gasteiger partial charge in [0, 0.05) is 23.3 Å². The molecule has 0 bridgehead atoms. The van der Waals surface area contributed by atoms with Crippen LogP contribution in [-0.2, 0) is 0 Å². The monoisotopic (exact) mass is 232 g/mol. The predicted molar refractivity (Wildman–Crippen MR) is 69.8 cm³/mol. The highest BCUT2D eigenvalue weighted by molar-refractivity contribution is 7.17. The lowest BCUT2D eigenvalue weighted by molar-refractivity contribution is 0.543. The molecule has 3 N–H and O–H groups in total. The quantitative estimate of drug-likeness (QED) is 0.850. The Balaban J connectivity index is 1.95. The second kappa shape index (κ2) is 4.17. The zero-order valence-corrected chi connectivity index (χ0v) is 9.96. The van der Waals surface area contributed by atoms with Crippen LogP contribution in [0.25, 0.3) is 10.1 Å². The van der Waals surface area contributed by atoms with Gasteiger partial charge in [0.1, 0.15) is 0 Å². The molecule has 2 aromatic rings.